The number of hydrogen-bond donors (Lipinski definition) is 2. The zero-order valence-corrected chi connectivity index (χ0v) is 17.1. The van der Waals surface area contributed by atoms with Gasteiger partial charge in [0.1, 0.15) is 12.4 Å². The van der Waals surface area contributed by atoms with Crippen molar-refractivity contribution in [3.8, 4) is 5.75 Å². The smallest absolute Gasteiger partial charge is 0.492 e. The number of alkyl halides is 3. The van der Waals surface area contributed by atoms with Gasteiger partial charge in [-0.25, -0.2) is 8.42 Å². The summed E-state index contributed by atoms with van der Waals surface area (Å²) in [5.41, 5.74) is -5.25. The van der Waals surface area contributed by atoms with Crippen LogP contribution in [-0.2, 0) is 10.0 Å². The summed E-state index contributed by atoms with van der Waals surface area (Å²) in [6.45, 7) is 3.69. The van der Waals surface area contributed by atoms with Crippen molar-refractivity contribution in [3.63, 3.8) is 0 Å². The number of guanidine groups is 1. The number of para-hydroxylation sites is 1. The van der Waals surface area contributed by atoms with Crippen molar-refractivity contribution in [1.29, 1.82) is 0 Å². The molecule has 0 radical (unpaired) electrons. The summed E-state index contributed by atoms with van der Waals surface area (Å²) < 4.78 is 66.9. The summed E-state index contributed by atoms with van der Waals surface area (Å²) in [4.78, 5) is 4.47. The molecule has 0 bridgehead atoms. The van der Waals surface area contributed by atoms with Gasteiger partial charge in [-0.3, -0.25) is 4.99 Å². The number of nitrogens with zero attached hydrogens (tertiary/aromatic N) is 2. The molecule has 0 aromatic heterocycles. The maximum atomic E-state index is 12.6. The van der Waals surface area contributed by atoms with Crippen LogP contribution in [0.3, 0.4) is 0 Å². The Morgan fingerprint density at radius 2 is 1.86 bits per heavy atom. The lowest BCUT2D eigenvalue weighted by Gasteiger charge is -2.30. The van der Waals surface area contributed by atoms with Crippen LogP contribution in [0.1, 0.15) is 19.8 Å². The predicted octanol–water partition coefficient (Wildman–Crippen LogP) is 2.18. The van der Waals surface area contributed by atoms with Gasteiger partial charge in [0.15, 0.2) is 5.96 Å². The van der Waals surface area contributed by atoms with Gasteiger partial charge in [0.2, 0.25) is 0 Å². The number of nitrogens with one attached hydrogen (secondary N) is 2. The van der Waals surface area contributed by atoms with Gasteiger partial charge in [-0.05, 0) is 37.8 Å². The van der Waals surface area contributed by atoms with E-state index in [0.717, 1.165) is 5.75 Å². The van der Waals surface area contributed by atoms with Crippen molar-refractivity contribution in [2.75, 3.05) is 39.3 Å². The Balaban J connectivity index is 1.77. The van der Waals surface area contributed by atoms with Gasteiger partial charge in [-0.2, -0.15) is 17.5 Å². The molecule has 2 N–H and O–H groups in total. The molecule has 1 aliphatic rings. The average molecular weight is 437 g/mol. The van der Waals surface area contributed by atoms with Crippen molar-refractivity contribution >= 4 is 16.0 Å². The predicted molar refractivity (Wildman–Crippen MR) is 105 cm³/mol. The number of rotatable bonds is 8. The topological polar surface area (TPSA) is 83.0 Å². The standard InChI is InChI=1S/C18H27F3N4O3S/c1-2-22-17(23-10-13-28-16-6-4-3-5-7-16)24-14-15-8-11-25(12-9-15)29(26,27)18(19,20)21/h3-7,15H,2,8-14H2,1H3,(H2,22,23,24). The van der Waals surface area contributed by atoms with Crippen molar-refractivity contribution in [3.05, 3.63) is 30.3 Å². The summed E-state index contributed by atoms with van der Waals surface area (Å²) in [7, 11) is -5.24. The molecule has 1 aliphatic heterocycles. The van der Waals surface area contributed by atoms with Crippen molar-refractivity contribution in [1.82, 2.24) is 14.9 Å². The number of halogens is 3. The Hall–Kier alpha value is -2.01. The monoisotopic (exact) mass is 436 g/mol. The summed E-state index contributed by atoms with van der Waals surface area (Å²) in [6, 6.07) is 9.42. The highest BCUT2D eigenvalue weighted by Gasteiger charge is 2.50. The lowest BCUT2D eigenvalue weighted by Crippen LogP contribution is -2.45. The first kappa shape index (κ1) is 23.3. The molecule has 1 fully saturated rings. The van der Waals surface area contributed by atoms with Gasteiger partial charge in [0.25, 0.3) is 0 Å². The molecule has 1 aromatic rings. The molecule has 0 unspecified atom stereocenters. The minimum atomic E-state index is -5.25. The van der Waals surface area contributed by atoms with E-state index in [1.807, 2.05) is 37.3 Å². The van der Waals surface area contributed by atoms with Crippen molar-refractivity contribution in [2.45, 2.75) is 25.3 Å². The molecule has 0 spiro atoms. The summed E-state index contributed by atoms with van der Waals surface area (Å²) in [5, 5.41) is 6.24. The van der Waals surface area contributed by atoms with Gasteiger partial charge in [-0.1, -0.05) is 18.2 Å². The highest BCUT2D eigenvalue weighted by atomic mass is 32.2. The first-order valence-electron chi connectivity index (χ1n) is 9.50. The second kappa shape index (κ2) is 10.7. The van der Waals surface area contributed by atoms with E-state index in [1.54, 1.807) is 0 Å². The third-order valence-electron chi connectivity index (χ3n) is 4.46. The number of ether oxygens (including phenoxy) is 1. The van der Waals surface area contributed by atoms with Crippen LogP contribution >= 0.6 is 0 Å². The maximum Gasteiger partial charge on any atom is 0.511 e. The number of piperidine rings is 1. The van der Waals surface area contributed by atoms with E-state index in [9.17, 15) is 21.6 Å². The first-order chi connectivity index (χ1) is 13.7. The van der Waals surface area contributed by atoms with Crippen molar-refractivity contribution < 1.29 is 26.3 Å². The fourth-order valence-corrected chi connectivity index (χ4v) is 3.88. The lowest BCUT2D eigenvalue weighted by atomic mass is 9.98. The molecule has 0 atom stereocenters. The highest BCUT2D eigenvalue weighted by molar-refractivity contribution is 7.90. The molecule has 0 saturated carbocycles. The molecule has 164 valence electrons. The number of aliphatic imine (C=N–C) groups is 1. The number of sulfonamides is 1. The van der Waals surface area contributed by atoms with Gasteiger partial charge in [-0.15, -0.1) is 0 Å². The van der Waals surface area contributed by atoms with Crippen LogP contribution in [0.4, 0.5) is 13.2 Å². The third kappa shape index (κ3) is 7.07. The molecule has 1 heterocycles. The zero-order chi connectivity index (χ0) is 21.3. The quantitative estimate of drug-likeness (QED) is 0.371. The molecule has 11 heteroatoms. The second-order valence-electron chi connectivity index (χ2n) is 6.60. The van der Waals surface area contributed by atoms with E-state index in [-0.39, 0.29) is 19.0 Å². The normalized spacial score (nSPS) is 17.2. The molecule has 1 aromatic carbocycles. The molecule has 0 aliphatic carbocycles. The second-order valence-corrected chi connectivity index (χ2v) is 8.53. The lowest BCUT2D eigenvalue weighted by molar-refractivity contribution is -0.0496. The maximum absolute atomic E-state index is 12.6. The van der Waals surface area contributed by atoms with Gasteiger partial charge in [0.05, 0.1) is 6.54 Å². The molecule has 1 saturated heterocycles. The SMILES string of the molecule is CCNC(=NCC1CCN(S(=O)(=O)C(F)(F)F)CC1)NCCOc1ccccc1. The van der Waals surface area contributed by atoms with Gasteiger partial charge < -0.3 is 15.4 Å². The van der Waals surface area contributed by atoms with E-state index in [2.05, 4.69) is 15.6 Å². The summed E-state index contributed by atoms with van der Waals surface area (Å²) in [5.74, 6) is 1.40. The Bertz CT molecular complexity index is 749. The zero-order valence-electron chi connectivity index (χ0n) is 16.3. The fourth-order valence-electron chi connectivity index (χ4n) is 2.90. The van der Waals surface area contributed by atoms with E-state index >= 15 is 0 Å². The molecular formula is C18H27F3N4O3S. The number of hydrogen-bond acceptors (Lipinski definition) is 4. The third-order valence-corrected chi connectivity index (χ3v) is 6.09. The van der Waals surface area contributed by atoms with Crippen LogP contribution in [0, 0.1) is 5.92 Å². The minimum Gasteiger partial charge on any atom is -0.492 e. The summed E-state index contributed by atoms with van der Waals surface area (Å²) >= 11 is 0. The average Bonchev–Trinajstić information content (AvgIpc) is 2.69. The van der Waals surface area contributed by atoms with Crippen LogP contribution in [-0.4, -0.2) is 63.5 Å². The minimum absolute atomic E-state index is 0.0331. The summed E-state index contributed by atoms with van der Waals surface area (Å²) in [6.07, 6.45) is 0.685. The molecule has 2 rings (SSSR count). The fraction of sp³-hybridized carbons (Fsp3) is 0.611. The Morgan fingerprint density at radius 3 is 2.45 bits per heavy atom. The largest absolute Gasteiger partial charge is 0.511 e. The molecule has 7 nitrogen and oxygen atoms in total. The van der Waals surface area contributed by atoms with Crippen LogP contribution in [0.5, 0.6) is 5.75 Å². The van der Waals surface area contributed by atoms with E-state index in [1.165, 1.54) is 0 Å². The van der Waals surface area contributed by atoms with Gasteiger partial charge >= 0.3 is 15.5 Å². The van der Waals surface area contributed by atoms with E-state index < -0.39 is 15.5 Å². The van der Waals surface area contributed by atoms with Gasteiger partial charge in [0, 0.05) is 26.2 Å². The first-order valence-corrected chi connectivity index (χ1v) is 10.9. The van der Waals surface area contributed by atoms with Crippen LogP contribution < -0.4 is 15.4 Å². The molecule has 0 amide bonds. The van der Waals surface area contributed by atoms with Crippen LogP contribution in [0.2, 0.25) is 0 Å². The number of benzene rings is 1. The Kier molecular flexibility index (Phi) is 8.57. The molecule has 29 heavy (non-hydrogen) atoms. The highest BCUT2D eigenvalue weighted by Crippen LogP contribution is 2.30. The Morgan fingerprint density at radius 1 is 1.21 bits per heavy atom. The van der Waals surface area contributed by atoms with Crippen molar-refractivity contribution in [2.24, 2.45) is 10.9 Å². The van der Waals surface area contributed by atoms with Crippen LogP contribution in [0.15, 0.2) is 35.3 Å². The van der Waals surface area contributed by atoms with E-state index in [4.69, 9.17) is 4.74 Å². The molecular weight excluding hydrogens is 409 g/mol. The van der Waals surface area contributed by atoms with E-state index in [0.29, 0.717) is 49.3 Å². The Labute approximate surface area is 169 Å². The van der Waals surface area contributed by atoms with Crippen LogP contribution in [0.25, 0.3) is 0 Å².